The Hall–Kier alpha value is -2.86. The molecule has 0 aromatic heterocycles. The van der Waals surface area contributed by atoms with Crippen molar-refractivity contribution in [3.8, 4) is 22.3 Å². The van der Waals surface area contributed by atoms with Crippen molar-refractivity contribution in [3.63, 3.8) is 0 Å². The third kappa shape index (κ3) is 2.67. The summed E-state index contributed by atoms with van der Waals surface area (Å²) in [5, 5.41) is 2.79. The highest BCUT2D eigenvalue weighted by Crippen LogP contribution is 2.43. The molecule has 0 heteroatoms. The van der Waals surface area contributed by atoms with Gasteiger partial charge in [-0.25, -0.2) is 0 Å². The van der Waals surface area contributed by atoms with Crippen LogP contribution in [0.4, 0.5) is 0 Å². The molecule has 0 saturated heterocycles. The zero-order chi connectivity index (χ0) is 19.1. The predicted molar refractivity (Wildman–Crippen MR) is 121 cm³/mol. The van der Waals surface area contributed by atoms with E-state index in [4.69, 9.17) is 0 Å². The van der Waals surface area contributed by atoms with Gasteiger partial charge < -0.3 is 0 Å². The largest absolute Gasteiger partial charge is 0.0654 e. The first-order valence-electron chi connectivity index (χ1n) is 10.5. The van der Waals surface area contributed by atoms with Crippen molar-refractivity contribution in [2.24, 2.45) is 0 Å². The summed E-state index contributed by atoms with van der Waals surface area (Å²) < 4.78 is 0. The molecule has 0 heterocycles. The molecular weight excluding hydrogens is 336 g/mol. The highest BCUT2D eigenvalue weighted by atomic mass is 14.3. The Balaban J connectivity index is 1.74. The lowest BCUT2D eigenvalue weighted by atomic mass is 9.86. The minimum absolute atomic E-state index is 1.04. The molecule has 138 valence electrons. The molecule has 0 amide bonds. The third-order valence-corrected chi connectivity index (χ3v) is 6.36. The van der Waals surface area contributed by atoms with E-state index in [9.17, 15) is 0 Å². The van der Waals surface area contributed by atoms with E-state index in [-0.39, 0.29) is 0 Å². The summed E-state index contributed by atoms with van der Waals surface area (Å²) in [6, 6.07) is 27.0. The highest BCUT2D eigenvalue weighted by molar-refractivity contribution is 5.94. The van der Waals surface area contributed by atoms with Crippen molar-refractivity contribution in [1.82, 2.24) is 0 Å². The lowest BCUT2D eigenvalue weighted by molar-refractivity contribution is 0.795. The van der Waals surface area contributed by atoms with E-state index in [2.05, 4.69) is 86.6 Å². The number of aryl methyl sites for hydroxylation is 1. The van der Waals surface area contributed by atoms with Crippen molar-refractivity contribution in [2.75, 3.05) is 0 Å². The van der Waals surface area contributed by atoms with Gasteiger partial charge in [-0.05, 0) is 87.5 Å². The van der Waals surface area contributed by atoms with Crippen LogP contribution >= 0.6 is 0 Å². The molecule has 0 atom stereocenters. The molecule has 4 aromatic carbocycles. The van der Waals surface area contributed by atoms with Gasteiger partial charge in [0.2, 0.25) is 0 Å². The molecular formula is C28H26. The van der Waals surface area contributed by atoms with Gasteiger partial charge in [0.25, 0.3) is 0 Å². The second-order valence-corrected chi connectivity index (χ2v) is 8.02. The average molecular weight is 363 g/mol. The molecule has 0 fully saturated rings. The maximum absolute atomic E-state index is 2.42. The van der Waals surface area contributed by atoms with E-state index in [0.717, 1.165) is 12.8 Å². The Kier molecular flexibility index (Phi) is 4.28. The monoisotopic (exact) mass is 362 g/mol. The van der Waals surface area contributed by atoms with E-state index >= 15 is 0 Å². The Morgan fingerprint density at radius 1 is 0.750 bits per heavy atom. The second kappa shape index (κ2) is 6.95. The molecule has 4 aromatic rings. The average Bonchev–Trinajstić information content (AvgIpc) is 3.12. The first kappa shape index (κ1) is 17.3. The van der Waals surface area contributed by atoms with E-state index in [1.54, 1.807) is 0 Å². The predicted octanol–water partition coefficient (Wildman–Crippen LogP) is 7.73. The van der Waals surface area contributed by atoms with E-state index in [1.165, 1.54) is 68.1 Å². The van der Waals surface area contributed by atoms with Gasteiger partial charge in [0, 0.05) is 0 Å². The number of rotatable bonds is 4. The van der Waals surface area contributed by atoms with Crippen LogP contribution in [0, 0.1) is 6.92 Å². The van der Waals surface area contributed by atoms with Crippen LogP contribution in [-0.4, -0.2) is 0 Å². The smallest absolute Gasteiger partial charge is 0.000728 e. The Labute approximate surface area is 167 Å². The van der Waals surface area contributed by atoms with Gasteiger partial charge in [0.05, 0.1) is 0 Å². The summed E-state index contributed by atoms with van der Waals surface area (Å²) in [5.41, 5.74) is 11.6. The Bertz CT molecular complexity index is 1180. The Morgan fingerprint density at radius 2 is 1.46 bits per heavy atom. The van der Waals surface area contributed by atoms with E-state index in [0.29, 0.717) is 0 Å². The summed E-state index contributed by atoms with van der Waals surface area (Å²) in [6.07, 6.45) is 4.67. The maximum atomic E-state index is 2.42. The first-order valence-corrected chi connectivity index (χ1v) is 10.5. The van der Waals surface area contributed by atoms with Crippen molar-refractivity contribution in [2.45, 2.75) is 39.5 Å². The summed E-state index contributed by atoms with van der Waals surface area (Å²) in [4.78, 5) is 0. The van der Waals surface area contributed by atoms with Crippen LogP contribution in [0.15, 0.2) is 72.8 Å². The van der Waals surface area contributed by atoms with Gasteiger partial charge >= 0.3 is 0 Å². The number of fused-ring (bicyclic) bond motifs is 4. The summed E-state index contributed by atoms with van der Waals surface area (Å²) in [5.74, 6) is 0. The minimum Gasteiger partial charge on any atom is -0.0654 e. The van der Waals surface area contributed by atoms with Crippen LogP contribution < -0.4 is 0 Å². The molecule has 28 heavy (non-hydrogen) atoms. The minimum atomic E-state index is 1.04. The van der Waals surface area contributed by atoms with Crippen LogP contribution in [-0.2, 0) is 12.8 Å². The van der Waals surface area contributed by atoms with Gasteiger partial charge in [-0.2, -0.15) is 0 Å². The van der Waals surface area contributed by atoms with Gasteiger partial charge in [-0.15, -0.1) is 0 Å². The fourth-order valence-electron chi connectivity index (χ4n) is 4.89. The van der Waals surface area contributed by atoms with E-state index < -0.39 is 0 Å². The normalized spacial score (nSPS) is 12.2. The van der Waals surface area contributed by atoms with Crippen LogP contribution in [0.25, 0.3) is 33.0 Å². The number of hydrogen-bond donors (Lipinski definition) is 0. The van der Waals surface area contributed by atoms with Crippen molar-refractivity contribution in [1.29, 1.82) is 0 Å². The molecule has 0 bridgehead atoms. The number of unbranched alkanes of at least 4 members (excludes halogenated alkanes) is 1. The van der Waals surface area contributed by atoms with Gasteiger partial charge in [0.15, 0.2) is 0 Å². The van der Waals surface area contributed by atoms with Crippen molar-refractivity contribution in [3.05, 3.63) is 95.1 Å². The van der Waals surface area contributed by atoms with Crippen molar-refractivity contribution < 1.29 is 0 Å². The maximum Gasteiger partial charge on any atom is -0.000728 e. The number of hydrogen-bond acceptors (Lipinski definition) is 0. The molecule has 0 saturated carbocycles. The third-order valence-electron chi connectivity index (χ3n) is 6.36. The van der Waals surface area contributed by atoms with Gasteiger partial charge in [-0.3, -0.25) is 0 Å². The quantitative estimate of drug-likeness (QED) is 0.307. The zero-order valence-electron chi connectivity index (χ0n) is 16.8. The molecule has 0 radical (unpaired) electrons. The molecule has 0 nitrogen and oxygen atoms in total. The second-order valence-electron chi connectivity index (χ2n) is 8.02. The fraction of sp³-hybridized carbons (Fsp3) is 0.214. The lowest BCUT2D eigenvalue weighted by Gasteiger charge is -2.18. The molecule has 0 aliphatic heterocycles. The highest BCUT2D eigenvalue weighted by Gasteiger charge is 2.22. The summed E-state index contributed by atoms with van der Waals surface area (Å²) in [6.45, 7) is 4.61. The fourth-order valence-corrected chi connectivity index (χ4v) is 4.89. The standard InChI is InChI=1S/C28H26/c1-3-4-12-22-19(2)27(17-20-10-5-7-13-23(20)22)26-16-9-15-25-24-14-8-6-11-21(24)18-28(25)26/h5-11,13-17H,3-4,12,18H2,1-2H3. The molecule has 1 aliphatic rings. The van der Waals surface area contributed by atoms with Crippen LogP contribution in [0.3, 0.4) is 0 Å². The molecule has 0 unspecified atom stereocenters. The molecule has 5 rings (SSSR count). The molecule has 1 aliphatic carbocycles. The SMILES string of the molecule is CCCCc1c(C)c(-c2cccc3c2Cc2ccccc2-3)cc2ccccc12. The van der Waals surface area contributed by atoms with E-state index in [1.807, 2.05) is 0 Å². The Morgan fingerprint density at radius 3 is 2.32 bits per heavy atom. The lowest BCUT2D eigenvalue weighted by Crippen LogP contribution is -1.97. The van der Waals surface area contributed by atoms with Gasteiger partial charge in [-0.1, -0.05) is 80.1 Å². The number of benzene rings is 4. The van der Waals surface area contributed by atoms with Crippen LogP contribution in [0.2, 0.25) is 0 Å². The topological polar surface area (TPSA) is 0 Å². The summed E-state index contributed by atoms with van der Waals surface area (Å²) in [7, 11) is 0. The van der Waals surface area contributed by atoms with Gasteiger partial charge in [0.1, 0.15) is 0 Å². The molecule has 0 spiro atoms. The zero-order valence-corrected chi connectivity index (χ0v) is 16.8. The van der Waals surface area contributed by atoms with Crippen LogP contribution in [0.5, 0.6) is 0 Å². The first-order chi connectivity index (χ1) is 13.8. The van der Waals surface area contributed by atoms with Crippen molar-refractivity contribution >= 4 is 10.8 Å². The molecule has 0 N–H and O–H groups in total. The summed E-state index contributed by atoms with van der Waals surface area (Å²) >= 11 is 0. The van der Waals surface area contributed by atoms with Crippen LogP contribution in [0.1, 0.15) is 42.0 Å².